The van der Waals surface area contributed by atoms with Crippen LogP contribution in [0.3, 0.4) is 0 Å². The summed E-state index contributed by atoms with van der Waals surface area (Å²) in [6.07, 6.45) is 2.37. The lowest BCUT2D eigenvalue weighted by atomic mass is 10.0. The molecule has 0 amide bonds. The quantitative estimate of drug-likeness (QED) is 0.918. The highest BCUT2D eigenvalue weighted by Gasteiger charge is 2.14. The molecule has 0 aliphatic carbocycles. The number of rotatable bonds is 4. The zero-order valence-electron chi connectivity index (χ0n) is 10.1. The lowest BCUT2D eigenvalue weighted by Gasteiger charge is -2.22. The number of ether oxygens (including phenoxy) is 1. The lowest BCUT2D eigenvalue weighted by Crippen LogP contribution is -2.32. The van der Waals surface area contributed by atoms with Gasteiger partial charge in [0, 0.05) is 17.1 Å². The molecule has 1 aliphatic rings. The largest absolute Gasteiger partial charge is 0.376 e. The predicted octanol–water partition coefficient (Wildman–Crippen LogP) is 3.42. The fraction of sp³-hybridized carbons (Fsp3) is 0.538. The van der Waals surface area contributed by atoms with Gasteiger partial charge >= 0.3 is 0 Å². The van der Waals surface area contributed by atoms with Crippen molar-refractivity contribution >= 4 is 24.0 Å². The summed E-state index contributed by atoms with van der Waals surface area (Å²) >= 11 is 5.92. The van der Waals surface area contributed by atoms with Crippen LogP contribution in [0, 0.1) is 11.7 Å². The van der Waals surface area contributed by atoms with E-state index in [2.05, 4.69) is 5.32 Å². The highest BCUT2D eigenvalue weighted by atomic mass is 35.5. The van der Waals surface area contributed by atoms with Crippen molar-refractivity contribution in [2.24, 2.45) is 5.92 Å². The Balaban J connectivity index is 0.00000162. The molecule has 1 fully saturated rings. The topological polar surface area (TPSA) is 21.3 Å². The minimum atomic E-state index is -0.292. The summed E-state index contributed by atoms with van der Waals surface area (Å²) in [6.45, 7) is 3.00. The lowest BCUT2D eigenvalue weighted by molar-refractivity contribution is 0.0766. The van der Waals surface area contributed by atoms with Crippen molar-refractivity contribution < 1.29 is 9.13 Å². The highest BCUT2D eigenvalue weighted by molar-refractivity contribution is 6.31. The van der Waals surface area contributed by atoms with Crippen LogP contribution in [0.4, 0.5) is 4.39 Å². The Kier molecular flexibility index (Phi) is 6.94. The van der Waals surface area contributed by atoms with E-state index in [4.69, 9.17) is 16.3 Å². The number of hydrogen-bond acceptors (Lipinski definition) is 2. The molecule has 2 nitrogen and oxygen atoms in total. The number of nitrogens with one attached hydrogen (secondary N) is 1. The Labute approximate surface area is 118 Å². The van der Waals surface area contributed by atoms with Gasteiger partial charge < -0.3 is 10.1 Å². The van der Waals surface area contributed by atoms with Crippen molar-refractivity contribution in [2.45, 2.75) is 19.4 Å². The summed E-state index contributed by atoms with van der Waals surface area (Å²) in [4.78, 5) is 0. The average Bonchev–Trinajstić information content (AvgIpc) is 2.34. The van der Waals surface area contributed by atoms with Gasteiger partial charge in [0.25, 0.3) is 0 Å². The molecule has 102 valence electrons. The molecule has 1 N–H and O–H groups in total. The average molecular weight is 294 g/mol. The van der Waals surface area contributed by atoms with E-state index in [1.165, 1.54) is 18.9 Å². The second kappa shape index (κ2) is 7.95. The number of benzene rings is 1. The molecule has 1 aromatic carbocycles. The third-order valence-corrected chi connectivity index (χ3v) is 3.41. The van der Waals surface area contributed by atoms with E-state index in [-0.39, 0.29) is 24.8 Å². The fourth-order valence-corrected chi connectivity index (χ4v) is 2.28. The first kappa shape index (κ1) is 15.7. The first-order chi connectivity index (χ1) is 8.27. The third kappa shape index (κ3) is 4.39. The molecule has 0 spiro atoms. The highest BCUT2D eigenvalue weighted by Crippen LogP contribution is 2.20. The van der Waals surface area contributed by atoms with Crippen LogP contribution in [0.2, 0.25) is 5.02 Å². The summed E-state index contributed by atoms with van der Waals surface area (Å²) in [6, 6.07) is 4.70. The minimum Gasteiger partial charge on any atom is -0.376 e. The molecule has 1 heterocycles. The fourth-order valence-electron chi connectivity index (χ4n) is 2.06. The molecule has 0 aromatic heterocycles. The van der Waals surface area contributed by atoms with Crippen LogP contribution in [0.5, 0.6) is 0 Å². The van der Waals surface area contributed by atoms with E-state index in [1.807, 2.05) is 0 Å². The molecule has 0 saturated carbocycles. The first-order valence-corrected chi connectivity index (χ1v) is 6.36. The van der Waals surface area contributed by atoms with E-state index >= 15 is 0 Å². The van der Waals surface area contributed by atoms with Gasteiger partial charge in [-0.15, -0.1) is 12.4 Å². The van der Waals surface area contributed by atoms with E-state index in [0.29, 0.717) is 23.1 Å². The maximum absolute atomic E-state index is 13.4. The van der Waals surface area contributed by atoms with E-state index in [9.17, 15) is 4.39 Å². The van der Waals surface area contributed by atoms with Crippen LogP contribution in [0.1, 0.15) is 18.4 Å². The normalized spacial score (nSPS) is 19.3. The van der Waals surface area contributed by atoms with Gasteiger partial charge in [-0.05, 0) is 37.4 Å². The summed E-state index contributed by atoms with van der Waals surface area (Å²) in [5, 5.41) is 3.76. The zero-order chi connectivity index (χ0) is 12.1. The van der Waals surface area contributed by atoms with Crippen LogP contribution in [0.25, 0.3) is 0 Å². The molecule has 1 aromatic rings. The van der Waals surface area contributed by atoms with Crippen LogP contribution < -0.4 is 5.32 Å². The van der Waals surface area contributed by atoms with Crippen molar-refractivity contribution in [1.29, 1.82) is 0 Å². The smallest absolute Gasteiger partial charge is 0.130 e. The molecule has 2 rings (SSSR count). The SMILES string of the molecule is Cl.Fc1cccc(Cl)c1COCC1CCCNC1. The summed E-state index contributed by atoms with van der Waals surface area (Å²) in [5.74, 6) is 0.244. The van der Waals surface area contributed by atoms with Crippen molar-refractivity contribution in [3.05, 3.63) is 34.6 Å². The van der Waals surface area contributed by atoms with Gasteiger partial charge in [0.15, 0.2) is 0 Å². The Hall–Kier alpha value is -0.350. The maximum Gasteiger partial charge on any atom is 0.130 e. The molecule has 1 unspecified atom stereocenters. The number of halogens is 3. The maximum atomic E-state index is 13.4. The van der Waals surface area contributed by atoms with Crippen LogP contribution in [0.15, 0.2) is 18.2 Å². The van der Waals surface area contributed by atoms with Gasteiger partial charge in [-0.2, -0.15) is 0 Å². The number of piperidine rings is 1. The third-order valence-electron chi connectivity index (χ3n) is 3.06. The Morgan fingerprint density at radius 2 is 2.28 bits per heavy atom. The van der Waals surface area contributed by atoms with Crippen LogP contribution >= 0.6 is 24.0 Å². The van der Waals surface area contributed by atoms with Gasteiger partial charge in [-0.3, -0.25) is 0 Å². The van der Waals surface area contributed by atoms with E-state index < -0.39 is 0 Å². The molecule has 0 radical (unpaired) electrons. The monoisotopic (exact) mass is 293 g/mol. The molecule has 18 heavy (non-hydrogen) atoms. The Morgan fingerprint density at radius 3 is 2.94 bits per heavy atom. The second-order valence-corrected chi connectivity index (χ2v) is 4.83. The van der Waals surface area contributed by atoms with Gasteiger partial charge in [0.05, 0.1) is 13.2 Å². The van der Waals surface area contributed by atoms with Crippen molar-refractivity contribution in [3.63, 3.8) is 0 Å². The predicted molar refractivity (Wildman–Crippen MR) is 73.9 cm³/mol. The first-order valence-electron chi connectivity index (χ1n) is 5.98. The van der Waals surface area contributed by atoms with E-state index in [1.54, 1.807) is 12.1 Å². The molecule has 5 heteroatoms. The van der Waals surface area contributed by atoms with Crippen LogP contribution in [-0.4, -0.2) is 19.7 Å². The molecule has 0 bridgehead atoms. The summed E-state index contributed by atoms with van der Waals surface area (Å²) < 4.78 is 19.0. The molecular formula is C13H18Cl2FNO. The molecule has 1 aliphatic heterocycles. The zero-order valence-corrected chi connectivity index (χ0v) is 11.7. The number of hydrogen-bond donors (Lipinski definition) is 1. The van der Waals surface area contributed by atoms with Crippen LogP contribution in [-0.2, 0) is 11.3 Å². The molecule has 1 atom stereocenters. The van der Waals surface area contributed by atoms with E-state index in [0.717, 1.165) is 13.1 Å². The van der Waals surface area contributed by atoms with Crippen molar-refractivity contribution in [2.75, 3.05) is 19.7 Å². The molecule has 1 saturated heterocycles. The van der Waals surface area contributed by atoms with Crippen molar-refractivity contribution in [1.82, 2.24) is 5.32 Å². The van der Waals surface area contributed by atoms with Gasteiger partial charge in [0.2, 0.25) is 0 Å². The van der Waals surface area contributed by atoms with Crippen molar-refractivity contribution in [3.8, 4) is 0 Å². The minimum absolute atomic E-state index is 0. The Morgan fingerprint density at radius 1 is 1.44 bits per heavy atom. The second-order valence-electron chi connectivity index (χ2n) is 4.43. The standard InChI is InChI=1S/C13H17ClFNO.ClH/c14-12-4-1-5-13(15)11(12)9-17-8-10-3-2-6-16-7-10;/h1,4-5,10,16H,2-3,6-9H2;1H. The Bertz CT molecular complexity index is 350. The molecular weight excluding hydrogens is 276 g/mol. The van der Waals surface area contributed by atoms with Gasteiger partial charge in [-0.1, -0.05) is 17.7 Å². The van der Waals surface area contributed by atoms with Gasteiger partial charge in [0.1, 0.15) is 5.82 Å². The summed E-state index contributed by atoms with van der Waals surface area (Å²) in [7, 11) is 0. The summed E-state index contributed by atoms with van der Waals surface area (Å²) in [5.41, 5.74) is 0.456. The van der Waals surface area contributed by atoms with Gasteiger partial charge in [-0.25, -0.2) is 4.39 Å².